The maximum absolute atomic E-state index is 13.3. The number of amides is 1. The highest BCUT2D eigenvalue weighted by atomic mass is 16.2. The molecule has 0 aromatic heterocycles. The lowest BCUT2D eigenvalue weighted by molar-refractivity contribution is 0.0682. The molecule has 1 aromatic carbocycles. The van der Waals surface area contributed by atoms with Gasteiger partial charge in [0.05, 0.1) is 23.0 Å². The molecular formula is C20H27N3O. The number of nitrogens with zero attached hydrogens (tertiary/aromatic N) is 3. The van der Waals surface area contributed by atoms with Gasteiger partial charge in [-0.25, -0.2) is 0 Å². The second-order valence-corrected chi connectivity index (χ2v) is 6.44. The number of aryl methyl sites for hydroxylation is 1. The first-order chi connectivity index (χ1) is 11.5. The number of aliphatic imine (C=N–C) groups is 2. The first-order valence-corrected chi connectivity index (χ1v) is 8.50. The zero-order valence-corrected chi connectivity index (χ0v) is 15.2. The van der Waals surface area contributed by atoms with Crippen LogP contribution in [0.3, 0.4) is 0 Å². The summed E-state index contributed by atoms with van der Waals surface area (Å²) in [5, 5.41) is 0. The Morgan fingerprint density at radius 2 is 2.08 bits per heavy atom. The van der Waals surface area contributed by atoms with Gasteiger partial charge in [0, 0.05) is 19.3 Å². The summed E-state index contributed by atoms with van der Waals surface area (Å²) >= 11 is 0. The van der Waals surface area contributed by atoms with Crippen LogP contribution in [0.25, 0.3) is 0 Å². The highest BCUT2D eigenvalue weighted by Gasteiger charge is 2.30. The minimum atomic E-state index is 0.00816. The lowest BCUT2D eigenvalue weighted by Gasteiger charge is -2.36. The number of hydrogen-bond acceptors (Lipinski definition) is 3. The van der Waals surface area contributed by atoms with Crippen molar-refractivity contribution in [1.29, 1.82) is 0 Å². The van der Waals surface area contributed by atoms with E-state index >= 15 is 0 Å². The Kier molecular flexibility index (Phi) is 6.07. The van der Waals surface area contributed by atoms with Crippen LogP contribution in [0.2, 0.25) is 0 Å². The van der Waals surface area contributed by atoms with Gasteiger partial charge in [-0.05, 0) is 58.2 Å². The molecule has 1 amide bonds. The van der Waals surface area contributed by atoms with E-state index in [9.17, 15) is 4.79 Å². The molecule has 1 unspecified atom stereocenters. The van der Waals surface area contributed by atoms with Crippen LogP contribution in [-0.4, -0.2) is 41.9 Å². The molecule has 4 heteroatoms. The number of carbonyl (C=O) groups excluding carboxylic acids is 1. The average molecular weight is 325 g/mol. The van der Waals surface area contributed by atoms with Crippen molar-refractivity contribution >= 4 is 23.0 Å². The Balaban J connectivity index is 2.44. The highest BCUT2D eigenvalue weighted by molar-refractivity contribution is 6.06. The molecule has 1 aromatic rings. The Morgan fingerprint density at radius 1 is 1.33 bits per heavy atom. The summed E-state index contributed by atoms with van der Waals surface area (Å²) < 4.78 is 0. The van der Waals surface area contributed by atoms with Gasteiger partial charge < -0.3 is 4.90 Å². The molecule has 0 radical (unpaired) electrons. The van der Waals surface area contributed by atoms with Gasteiger partial charge in [0.25, 0.3) is 5.91 Å². The Morgan fingerprint density at radius 3 is 2.71 bits per heavy atom. The molecule has 1 heterocycles. The second kappa shape index (κ2) is 8.04. The lowest BCUT2D eigenvalue weighted by Crippen LogP contribution is -2.47. The molecule has 1 aliphatic rings. The van der Waals surface area contributed by atoms with Crippen molar-refractivity contribution in [2.24, 2.45) is 9.98 Å². The first-order valence-electron chi connectivity index (χ1n) is 8.50. The molecular weight excluding hydrogens is 298 g/mol. The van der Waals surface area contributed by atoms with Crippen molar-refractivity contribution in [2.75, 3.05) is 13.6 Å². The van der Waals surface area contributed by atoms with Crippen LogP contribution in [0.1, 0.15) is 49.0 Å². The van der Waals surface area contributed by atoms with Gasteiger partial charge >= 0.3 is 0 Å². The molecule has 1 saturated heterocycles. The van der Waals surface area contributed by atoms with Crippen LogP contribution < -0.4 is 0 Å². The summed E-state index contributed by atoms with van der Waals surface area (Å²) in [5.41, 5.74) is 4.29. The van der Waals surface area contributed by atoms with Crippen molar-refractivity contribution in [2.45, 2.75) is 46.1 Å². The minimum Gasteiger partial charge on any atom is -0.330 e. The van der Waals surface area contributed by atoms with Crippen LogP contribution in [0.5, 0.6) is 0 Å². The lowest BCUT2D eigenvalue weighted by atomic mass is 9.96. The molecule has 0 saturated carbocycles. The van der Waals surface area contributed by atoms with E-state index in [0.29, 0.717) is 5.56 Å². The van der Waals surface area contributed by atoms with E-state index in [1.165, 1.54) is 0 Å². The SMILES string of the molecule is C=CC(=NC)C1CCCCN1C(=O)c1cc(C)ccc1N=C(C)C. The Bertz CT molecular complexity index is 684. The maximum atomic E-state index is 13.3. The number of rotatable bonds is 4. The highest BCUT2D eigenvalue weighted by Crippen LogP contribution is 2.27. The topological polar surface area (TPSA) is 45.0 Å². The summed E-state index contributed by atoms with van der Waals surface area (Å²) in [4.78, 5) is 24.1. The van der Waals surface area contributed by atoms with Crippen molar-refractivity contribution in [3.8, 4) is 0 Å². The molecule has 128 valence electrons. The molecule has 24 heavy (non-hydrogen) atoms. The monoisotopic (exact) mass is 325 g/mol. The van der Waals surface area contributed by atoms with Gasteiger partial charge in [-0.1, -0.05) is 18.2 Å². The van der Waals surface area contributed by atoms with Gasteiger partial charge in [0.1, 0.15) is 0 Å². The summed E-state index contributed by atoms with van der Waals surface area (Å²) in [7, 11) is 1.76. The second-order valence-electron chi connectivity index (χ2n) is 6.44. The fourth-order valence-electron chi connectivity index (χ4n) is 3.17. The molecule has 4 nitrogen and oxygen atoms in total. The molecule has 1 fully saturated rings. The molecule has 1 aliphatic heterocycles. The summed E-state index contributed by atoms with van der Waals surface area (Å²) in [6.07, 6.45) is 4.82. The van der Waals surface area contributed by atoms with Gasteiger partial charge in [0.2, 0.25) is 0 Å². The first kappa shape index (κ1) is 18.1. The van der Waals surface area contributed by atoms with E-state index in [4.69, 9.17) is 0 Å². The molecule has 1 atom stereocenters. The zero-order chi connectivity index (χ0) is 17.7. The van der Waals surface area contributed by atoms with Gasteiger partial charge in [-0.15, -0.1) is 0 Å². The quantitative estimate of drug-likeness (QED) is 0.759. The van der Waals surface area contributed by atoms with Crippen molar-refractivity contribution in [3.05, 3.63) is 42.0 Å². The van der Waals surface area contributed by atoms with Crippen molar-refractivity contribution in [3.63, 3.8) is 0 Å². The summed E-state index contributed by atoms with van der Waals surface area (Å²) in [6, 6.07) is 5.87. The van der Waals surface area contributed by atoms with E-state index in [1.54, 1.807) is 13.1 Å². The van der Waals surface area contributed by atoms with Crippen molar-refractivity contribution in [1.82, 2.24) is 4.90 Å². The number of carbonyl (C=O) groups is 1. The normalized spacial score (nSPS) is 18.2. The summed E-state index contributed by atoms with van der Waals surface area (Å²) in [5.74, 6) is 0.0337. The number of hydrogen-bond donors (Lipinski definition) is 0. The predicted octanol–water partition coefficient (Wildman–Crippen LogP) is 4.36. The number of benzene rings is 1. The predicted molar refractivity (Wildman–Crippen MR) is 102 cm³/mol. The third kappa shape index (κ3) is 3.99. The largest absolute Gasteiger partial charge is 0.330 e. The molecule has 0 spiro atoms. The van der Waals surface area contributed by atoms with E-state index in [2.05, 4.69) is 16.6 Å². The third-order valence-corrected chi connectivity index (χ3v) is 4.30. The molecule has 0 aliphatic carbocycles. The van der Waals surface area contributed by atoms with E-state index in [1.807, 2.05) is 43.9 Å². The smallest absolute Gasteiger partial charge is 0.256 e. The Labute approximate surface area is 145 Å². The van der Waals surface area contributed by atoms with Crippen LogP contribution in [-0.2, 0) is 0 Å². The van der Waals surface area contributed by atoms with Crippen LogP contribution in [0.4, 0.5) is 5.69 Å². The molecule has 2 rings (SSSR count). The van der Waals surface area contributed by atoms with Crippen LogP contribution >= 0.6 is 0 Å². The third-order valence-electron chi connectivity index (χ3n) is 4.30. The van der Waals surface area contributed by atoms with Gasteiger partial charge in [-0.3, -0.25) is 14.8 Å². The average Bonchev–Trinajstić information content (AvgIpc) is 2.57. The standard InChI is InChI=1S/C20H27N3O/c1-6-17(21-5)19-9-7-8-12-23(19)20(24)16-13-15(4)10-11-18(16)22-14(2)3/h6,10-11,13,19H,1,7-9,12H2,2-5H3. The van der Waals surface area contributed by atoms with E-state index in [0.717, 1.165) is 48.5 Å². The molecule has 0 N–H and O–H groups in total. The number of likely N-dealkylation sites (tertiary alicyclic amines) is 1. The zero-order valence-electron chi connectivity index (χ0n) is 15.2. The fraction of sp³-hybridized carbons (Fsp3) is 0.450. The molecule has 0 bridgehead atoms. The Hall–Kier alpha value is -2.23. The van der Waals surface area contributed by atoms with Crippen LogP contribution in [0, 0.1) is 6.92 Å². The maximum Gasteiger partial charge on any atom is 0.256 e. The van der Waals surface area contributed by atoms with Crippen molar-refractivity contribution < 1.29 is 4.79 Å². The summed E-state index contributed by atoms with van der Waals surface area (Å²) in [6.45, 7) is 10.5. The van der Waals surface area contributed by atoms with E-state index in [-0.39, 0.29) is 11.9 Å². The van der Waals surface area contributed by atoms with Gasteiger partial charge in [0.15, 0.2) is 0 Å². The minimum absolute atomic E-state index is 0.00816. The fourth-order valence-corrected chi connectivity index (χ4v) is 3.17. The van der Waals surface area contributed by atoms with Gasteiger partial charge in [-0.2, -0.15) is 0 Å². The number of piperidine rings is 1. The van der Waals surface area contributed by atoms with E-state index < -0.39 is 0 Å². The van der Waals surface area contributed by atoms with Crippen LogP contribution in [0.15, 0.2) is 40.8 Å².